The van der Waals surface area contributed by atoms with Gasteiger partial charge >= 0.3 is 0 Å². The zero-order valence-electron chi connectivity index (χ0n) is 15.9. The maximum atomic E-state index is 12.9. The lowest BCUT2D eigenvalue weighted by atomic mass is 10.2. The van der Waals surface area contributed by atoms with E-state index in [9.17, 15) is 9.59 Å². The average molecular weight is 378 g/mol. The lowest BCUT2D eigenvalue weighted by Crippen LogP contribution is -2.49. The van der Waals surface area contributed by atoms with Crippen molar-refractivity contribution in [3.8, 4) is 5.69 Å². The van der Waals surface area contributed by atoms with E-state index in [-0.39, 0.29) is 11.5 Å². The summed E-state index contributed by atoms with van der Waals surface area (Å²) >= 11 is 0. The number of aromatic nitrogens is 4. The normalized spacial score (nSPS) is 14.4. The molecule has 8 nitrogen and oxygen atoms in total. The summed E-state index contributed by atoms with van der Waals surface area (Å²) in [6.45, 7) is 6.49. The Morgan fingerprint density at radius 1 is 1.04 bits per heavy atom. The highest BCUT2D eigenvalue weighted by Gasteiger charge is 2.25. The Bertz CT molecular complexity index is 1050. The highest BCUT2D eigenvalue weighted by Crippen LogP contribution is 2.20. The maximum Gasteiger partial charge on any atom is 0.272 e. The van der Waals surface area contributed by atoms with Crippen LogP contribution in [0.3, 0.4) is 0 Å². The number of benzene rings is 1. The second-order valence-electron chi connectivity index (χ2n) is 6.87. The minimum absolute atomic E-state index is 0.165. The number of nitrogens with one attached hydrogen (secondary N) is 1. The summed E-state index contributed by atoms with van der Waals surface area (Å²) in [5, 5.41) is 2.93. The lowest BCUT2D eigenvalue weighted by molar-refractivity contribution is 0.0740. The van der Waals surface area contributed by atoms with Gasteiger partial charge in [0.2, 0.25) is 0 Å². The number of aryl methyl sites for hydroxylation is 1. The Hall–Kier alpha value is -3.42. The monoisotopic (exact) mass is 378 g/mol. The van der Waals surface area contributed by atoms with E-state index in [0.29, 0.717) is 37.6 Å². The summed E-state index contributed by atoms with van der Waals surface area (Å²) in [5.74, 6) is 0.755. The first-order chi connectivity index (χ1) is 13.5. The second kappa shape index (κ2) is 7.30. The molecule has 0 unspecified atom stereocenters. The van der Waals surface area contributed by atoms with Crippen molar-refractivity contribution in [2.45, 2.75) is 13.8 Å². The Morgan fingerprint density at radius 3 is 2.46 bits per heavy atom. The van der Waals surface area contributed by atoms with Gasteiger partial charge in [0.05, 0.1) is 5.69 Å². The number of anilines is 1. The minimum atomic E-state index is -0.250. The molecule has 0 atom stereocenters. The van der Waals surface area contributed by atoms with E-state index in [1.165, 1.54) is 10.7 Å². The van der Waals surface area contributed by atoms with Crippen LogP contribution < -0.4 is 10.5 Å². The molecule has 0 saturated carbocycles. The van der Waals surface area contributed by atoms with Crippen LogP contribution in [0.2, 0.25) is 0 Å². The van der Waals surface area contributed by atoms with Crippen molar-refractivity contribution in [3.05, 3.63) is 70.0 Å². The number of hydrogen-bond acceptors (Lipinski definition) is 5. The number of amides is 1. The molecule has 3 aromatic rings. The molecule has 0 bridgehead atoms. The van der Waals surface area contributed by atoms with Crippen molar-refractivity contribution in [1.29, 1.82) is 0 Å². The molecule has 1 saturated heterocycles. The molecule has 4 rings (SSSR count). The van der Waals surface area contributed by atoms with Crippen LogP contribution in [0.5, 0.6) is 0 Å². The fourth-order valence-electron chi connectivity index (χ4n) is 3.41. The van der Waals surface area contributed by atoms with Gasteiger partial charge in [-0.3, -0.25) is 14.7 Å². The molecule has 1 aliphatic heterocycles. The summed E-state index contributed by atoms with van der Waals surface area (Å²) in [6.07, 6.45) is 1.58. The molecule has 0 radical (unpaired) electrons. The van der Waals surface area contributed by atoms with Gasteiger partial charge < -0.3 is 9.80 Å². The molecule has 1 amide bonds. The van der Waals surface area contributed by atoms with Crippen LogP contribution in [0.4, 0.5) is 5.82 Å². The molecule has 0 aliphatic carbocycles. The molecule has 3 heterocycles. The van der Waals surface area contributed by atoms with Crippen molar-refractivity contribution in [2.75, 3.05) is 31.1 Å². The third-order valence-corrected chi connectivity index (χ3v) is 5.14. The Kier molecular flexibility index (Phi) is 4.68. The van der Waals surface area contributed by atoms with Crippen molar-refractivity contribution in [2.24, 2.45) is 0 Å². The van der Waals surface area contributed by atoms with Gasteiger partial charge in [-0.25, -0.2) is 14.6 Å². The molecule has 8 heteroatoms. The van der Waals surface area contributed by atoms with Gasteiger partial charge in [-0.1, -0.05) is 18.2 Å². The first kappa shape index (κ1) is 18.0. The van der Waals surface area contributed by atoms with Crippen LogP contribution in [0.25, 0.3) is 5.69 Å². The first-order valence-electron chi connectivity index (χ1n) is 9.24. The first-order valence-corrected chi connectivity index (χ1v) is 9.24. The summed E-state index contributed by atoms with van der Waals surface area (Å²) in [4.78, 5) is 37.7. The SMILES string of the molecule is Cc1ncnc(N2CCN(C(=O)c3cc(=O)n(-c4ccccc4)[nH]3)CC2)c1C. The number of rotatable bonds is 3. The van der Waals surface area contributed by atoms with Gasteiger partial charge in [-0.2, -0.15) is 0 Å². The Balaban J connectivity index is 1.48. The quantitative estimate of drug-likeness (QED) is 0.747. The van der Waals surface area contributed by atoms with E-state index in [2.05, 4.69) is 20.0 Å². The molecule has 1 fully saturated rings. The standard InChI is InChI=1S/C20H22N6O2/c1-14-15(2)21-13-22-19(14)24-8-10-25(11-9-24)20(28)17-12-18(27)26(23-17)16-6-4-3-5-7-16/h3-7,12-13,23H,8-11H2,1-2H3. The van der Waals surface area contributed by atoms with E-state index < -0.39 is 0 Å². The van der Waals surface area contributed by atoms with Crippen molar-refractivity contribution in [3.63, 3.8) is 0 Å². The number of para-hydroxylation sites is 1. The van der Waals surface area contributed by atoms with E-state index in [4.69, 9.17) is 0 Å². The summed E-state index contributed by atoms with van der Waals surface area (Å²) < 4.78 is 1.39. The highest BCUT2D eigenvalue weighted by atomic mass is 16.2. The zero-order chi connectivity index (χ0) is 19.7. The van der Waals surface area contributed by atoms with Gasteiger partial charge in [-0.05, 0) is 26.0 Å². The van der Waals surface area contributed by atoms with Gasteiger partial charge in [0.15, 0.2) is 0 Å². The lowest BCUT2D eigenvalue weighted by Gasteiger charge is -2.35. The number of piperazine rings is 1. The predicted molar refractivity (Wildman–Crippen MR) is 106 cm³/mol. The molecular formula is C20H22N6O2. The second-order valence-corrected chi connectivity index (χ2v) is 6.87. The molecular weight excluding hydrogens is 356 g/mol. The predicted octanol–water partition coefficient (Wildman–Crippen LogP) is 1.53. The summed E-state index contributed by atoms with van der Waals surface area (Å²) in [7, 11) is 0. The van der Waals surface area contributed by atoms with Gasteiger partial charge in [0.25, 0.3) is 11.5 Å². The molecule has 144 valence electrons. The van der Waals surface area contributed by atoms with Crippen molar-refractivity contribution >= 4 is 11.7 Å². The largest absolute Gasteiger partial charge is 0.353 e. The molecule has 1 N–H and O–H groups in total. The number of carbonyl (C=O) groups excluding carboxylic acids is 1. The Labute approximate surface area is 162 Å². The van der Waals surface area contributed by atoms with E-state index in [1.54, 1.807) is 11.2 Å². The van der Waals surface area contributed by atoms with Crippen LogP contribution in [0, 0.1) is 13.8 Å². The topological polar surface area (TPSA) is 87.1 Å². The third-order valence-electron chi connectivity index (χ3n) is 5.14. The van der Waals surface area contributed by atoms with Crippen LogP contribution in [-0.4, -0.2) is 56.7 Å². The summed E-state index contributed by atoms with van der Waals surface area (Å²) in [5.41, 5.74) is 2.78. The fourth-order valence-corrected chi connectivity index (χ4v) is 3.41. The highest BCUT2D eigenvalue weighted by molar-refractivity contribution is 5.92. The molecule has 1 aromatic carbocycles. The number of carbonyl (C=O) groups is 1. The van der Waals surface area contributed by atoms with E-state index >= 15 is 0 Å². The average Bonchev–Trinajstić information content (AvgIpc) is 3.12. The number of H-pyrrole nitrogens is 1. The maximum absolute atomic E-state index is 12.9. The van der Waals surface area contributed by atoms with Gasteiger partial charge in [0.1, 0.15) is 17.8 Å². The van der Waals surface area contributed by atoms with Crippen molar-refractivity contribution < 1.29 is 4.79 Å². The zero-order valence-corrected chi connectivity index (χ0v) is 15.9. The minimum Gasteiger partial charge on any atom is -0.353 e. The molecule has 28 heavy (non-hydrogen) atoms. The Morgan fingerprint density at radius 2 is 1.75 bits per heavy atom. The number of nitrogens with zero attached hydrogens (tertiary/aromatic N) is 5. The van der Waals surface area contributed by atoms with Gasteiger partial charge in [0, 0.05) is 43.5 Å². The third kappa shape index (κ3) is 3.28. The fraction of sp³-hybridized carbons (Fsp3) is 0.300. The molecule has 1 aliphatic rings. The van der Waals surface area contributed by atoms with Crippen molar-refractivity contribution in [1.82, 2.24) is 24.6 Å². The van der Waals surface area contributed by atoms with Crippen LogP contribution in [0.15, 0.2) is 47.5 Å². The number of hydrogen-bond donors (Lipinski definition) is 1. The summed E-state index contributed by atoms with van der Waals surface area (Å²) in [6, 6.07) is 10.6. The molecule has 2 aromatic heterocycles. The van der Waals surface area contributed by atoms with E-state index in [0.717, 1.165) is 17.1 Å². The smallest absolute Gasteiger partial charge is 0.272 e. The van der Waals surface area contributed by atoms with Gasteiger partial charge in [-0.15, -0.1) is 0 Å². The van der Waals surface area contributed by atoms with E-state index in [1.807, 2.05) is 44.2 Å². The van der Waals surface area contributed by atoms with Crippen LogP contribution in [-0.2, 0) is 0 Å². The van der Waals surface area contributed by atoms with Crippen LogP contribution in [0.1, 0.15) is 21.7 Å². The van der Waals surface area contributed by atoms with Crippen LogP contribution >= 0.6 is 0 Å². The molecule has 0 spiro atoms. The number of aromatic amines is 1.